The first-order chi connectivity index (χ1) is 7.25. The summed E-state index contributed by atoms with van der Waals surface area (Å²) >= 11 is 4.33. The lowest BCUT2D eigenvalue weighted by molar-refractivity contribution is 0.679. The van der Waals surface area contributed by atoms with Crippen LogP contribution in [-0.4, -0.2) is 9.29 Å². The topological polar surface area (TPSA) is 16.1 Å². The third-order valence-corrected chi connectivity index (χ3v) is 3.11. The van der Waals surface area contributed by atoms with Crippen LogP contribution in [0.2, 0.25) is 0 Å². The summed E-state index contributed by atoms with van der Waals surface area (Å²) in [7, 11) is 0. The summed E-state index contributed by atoms with van der Waals surface area (Å²) in [6, 6.07) is 10.3. The van der Waals surface area contributed by atoms with Crippen molar-refractivity contribution in [1.29, 1.82) is 0 Å². The Balaban J connectivity index is 2.32. The number of rotatable bonds is 0. The molecular weight excluding hydrogens is 204 g/mol. The quantitative estimate of drug-likeness (QED) is 0.679. The summed E-state index contributed by atoms with van der Waals surface area (Å²) in [5.41, 5.74) is 4.15. The van der Waals surface area contributed by atoms with Crippen molar-refractivity contribution in [3.05, 3.63) is 48.2 Å². The first kappa shape index (κ1) is 8.80. The van der Waals surface area contributed by atoms with Crippen molar-refractivity contribution in [2.75, 3.05) is 0 Å². The Hall–Kier alpha value is -1.48. The van der Waals surface area contributed by atoms with Gasteiger partial charge in [-0.15, -0.1) is 0 Å². The first-order valence-electron chi connectivity index (χ1n) is 4.80. The lowest BCUT2D eigenvalue weighted by Gasteiger charge is -2.07. The fraction of sp³-hybridized carbons (Fsp3) is 0.0833. The SMILES string of the molecule is C=C1c2cc3ccccc3nc2CN1S. The molecule has 0 spiro atoms. The van der Waals surface area contributed by atoms with Gasteiger partial charge >= 0.3 is 0 Å². The number of thiol groups is 1. The molecule has 74 valence electrons. The van der Waals surface area contributed by atoms with E-state index in [1.807, 2.05) is 22.5 Å². The number of hydrogen-bond acceptors (Lipinski definition) is 3. The predicted octanol–water partition coefficient (Wildman–Crippen LogP) is 2.87. The number of pyridine rings is 1. The molecular formula is C12H10N2S. The highest BCUT2D eigenvalue weighted by Gasteiger charge is 2.21. The molecule has 1 aromatic carbocycles. The van der Waals surface area contributed by atoms with E-state index in [4.69, 9.17) is 0 Å². The van der Waals surface area contributed by atoms with Crippen LogP contribution >= 0.6 is 12.8 Å². The molecule has 0 atom stereocenters. The molecule has 0 saturated heterocycles. The van der Waals surface area contributed by atoms with Gasteiger partial charge in [-0.2, -0.15) is 0 Å². The van der Waals surface area contributed by atoms with Gasteiger partial charge in [0.15, 0.2) is 0 Å². The highest BCUT2D eigenvalue weighted by atomic mass is 32.1. The Kier molecular flexibility index (Phi) is 1.76. The van der Waals surface area contributed by atoms with Crippen LogP contribution in [0.5, 0.6) is 0 Å². The molecule has 2 heterocycles. The molecule has 0 saturated carbocycles. The minimum Gasteiger partial charge on any atom is -0.313 e. The monoisotopic (exact) mass is 214 g/mol. The zero-order valence-electron chi connectivity index (χ0n) is 8.14. The van der Waals surface area contributed by atoms with Gasteiger partial charge < -0.3 is 4.31 Å². The van der Waals surface area contributed by atoms with Crippen molar-refractivity contribution in [3.63, 3.8) is 0 Å². The molecule has 2 aromatic rings. The van der Waals surface area contributed by atoms with Crippen molar-refractivity contribution in [3.8, 4) is 0 Å². The van der Waals surface area contributed by atoms with Crippen LogP contribution in [0.15, 0.2) is 36.9 Å². The van der Waals surface area contributed by atoms with Gasteiger partial charge in [0.25, 0.3) is 0 Å². The maximum atomic E-state index is 4.61. The highest BCUT2D eigenvalue weighted by Crippen LogP contribution is 2.33. The second kappa shape index (κ2) is 3.00. The van der Waals surface area contributed by atoms with E-state index in [0.717, 1.165) is 34.4 Å². The minimum absolute atomic E-state index is 0.738. The lowest BCUT2D eigenvalue weighted by Crippen LogP contribution is -1.98. The van der Waals surface area contributed by atoms with Crippen molar-refractivity contribution < 1.29 is 0 Å². The molecule has 1 aliphatic heterocycles. The smallest absolute Gasteiger partial charge is 0.0723 e. The lowest BCUT2D eigenvalue weighted by atomic mass is 10.1. The third kappa shape index (κ3) is 1.23. The molecule has 0 unspecified atom stereocenters. The van der Waals surface area contributed by atoms with E-state index in [-0.39, 0.29) is 0 Å². The Bertz CT molecular complexity index is 563. The van der Waals surface area contributed by atoms with Gasteiger partial charge in [0, 0.05) is 16.6 Å². The van der Waals surface area contributed by atoms with E-state index in [9.17, 15) is 0 Å². The maximum absolute atomic E-state index is 4.61. The first-order valence-corrected chi connectivity index (χ1v) is 5.20. The van der Waals surface area contributed by atoms with E-state index in [0.29, 0.717) is 0 Å². The largest absolute Gasteiger partial charge is 0.313 e. The van der Waals surface area contributed by atoms with Crippen LogP contribution in [0, 0.1) is 0 Å². The summed E-state index contributed by atoms with van der Waals surface area (Å²) in [4.78, 5) is 4.61. The van der Waals surface area contributed by atoms with Gasteiger partial charge in [0.2, 0.25) is 0 Å². The van der Waals surface area contributed by atoms with Crippen molar-refractivity contribution >= 4 is 29.4 Å². The molecule has 0 fully saturated rings. The van der Waals surface area contributed by atoms with Crippen LogP contribution < -0.4 is 0 Å². The number of benzene rings is 1. The number of fused-ring (bicyclic) bond motifs is 2. The standard InChI is InChI=1S/C12H10N2S/c1-8-10-6-9-4-2-3-5-11(9)13-12(10)7-14(8)15/h2-6,15H,1,7H2. The minimum atomic E-state index is 0.738. The second-order valence-electron chi connectivity index (χ2n) is 3.68. The van der Waals surface area contributed by atoms with E-state index in [2.05, 4.69) is 36.5 Å². The molecule has 0 radical (unpaired) electrons. The van der Waals surface area contributed by atoms with Crippen molar-refractivity contribution in [2.24, 2.45) is 0 Å². The van der Waals surface area contributed by atoms with Gasteiger partial charge in [0.05, 0.1) is 17.8 Å². The van der Waals surface area contributed by atoms with Crippen LogP contribution in [0.1, 0.15) is 11.3 Å². The summed E-state index contributed by atoms with van der Waals surface area (Å²) in [6.45, 7) is 4.73. The third-order valence-electron chi connectivity index (χ3n) is 2.72. The molecule has 0 aliphatic carbocycles. The Labute approximate surface area is 93.8 Å². The molecule has 3 rings (SSSR count). The summed E-state index contributed by atoms with van der Waals surface area (Å²) in [6.07, 6.45) is 0. The molecule has 1 aromatic heterocycles. The van der Waals surface area contributed by atoms with Gasteiger partial charge in [-0.1, -0.05) is 37.6 Å². The number of hydrogen-bond donors (Lipinski definition) is 1. The van der Waals surface area contributed by atoms with E-state index in [1.54, 1.807) is 0 Å². The predicted molar refractivity (Wildman–Crippen MR) is 65.3 cm³/mol. The Morgan fingerprint density at radius 3 is 3.00 bits per heavy atom. The molecule has 0 N–H and O–H groups in total. The van der Waals surface area contributed by atoms with Gasteiger partial charge in [-0.25, -0.2) is 0 Å². The van der Waals surface area contributed by atoms with Gasteiger partial charge in [-0.3, -0.25) is 4.98 Å². The van der Waals surface area contributed by atoms with Crippen molar-refractivity contribution in [1.82, 2.24) is 9.29 Å². The van der Waals surface area contributed by atoms with Crippen LogP contribution in [0.25, 0.3) is 16.6 Å². The number of nitrogens with zero attached hydrogens (tertiary/aromatic N) is 2. The van der Waals surface area contributed by atoms with E-state index >= 15 is 0 Å². The summed E-state index contributed by atoms with van der Waals surface area (Å²) < 4.78 is 1.83. The van der Waals surface area contributed by atoms with Crippen LogP contribution in [-0.2, 0) is 6.54 Å². The molecule has 1 aliphatic rings. The molecule has 2 nitrogen and oxygen atoms in total. The van der Waals surface area contributed by atoms with Gasteiger partial charge in [0.1, 0.15) is 0 Å². The fourth-order valence-electron chi connectivity index (χ4n) is 1.90. The summed E-state index contributed by atoms with van der Waals surface area (Å²) in [5, 5.41) is 1.15. The van der Waals surface area contributed by atoms with E-state index < -0.39 is 0 Å². The fourth-order valence-corrected chi connectivity index (χ4v) is 2.14. The van der Waals surface area contributed by atoms with Crippen LogP contribution in [0.4, 0.5) is 0 Å². The zero-order valence-corrected chi connectivity index (χ0v) is 9.04. The average Bonchev–Trinajstić information content (AvgIpc) is 2.52. The van der Waals surface area contributed by atoms with Crippen LogP contribution in [0.3, 0.4) is 0 Å². The van der Waals surface area contributed by atoms with E-state index in [1.165, 1.54) is 0 Å². The maximum Gasteiger partial charge on any atom is 0.0723 e. The molecule has 3 heteroatoms. The highest BCUT2D eigenvalue weighted by molar-refractivity contribution is 7.78. The normalized spacial score (nSPS) is 14.7. The average molecular weight is 214 g/mol. The Morgan fingerprint density at radius 1 is 1.33 bits per heavy atom. The number of para-hydroxylation sites is 1. The zero-order chi connectivity index (χ0) is 10.4. The molecule has 15 heavy (non-hydrogen) atoms. The van der Waals surface area contributed by atoms with Crippen molar-refractivity contribution in [2.45, 2.75) is 6.54 Å². The molecule has 0 bridgehead atoms. The molecule has 0 amide bonds. The summed E-state index contributed by atoms with van der Waals surface area (Å²) in [5.74, 6) is 0. The number of aromatic nitrogens is 1. The second-order valence-corrected chi connectivity index (χ2v) is 4.16. The Morgan fingerprint density at radius 2 is 2.13 bits per heavy atom. The van der Waals surface area contributed by atoms with Gasteiger partial charge in [-0.05, 0) is 12.1 Å².